The van der Waals surface area contributed by atoms with Crippen molar-refractivity contribution in [1.29, 1.82) is 0 Å². The van der Waals surface area contributed by atoms with Crippen LogP contribution in [0.5, 0.6) is 0 Å². The molecule has 0 N–H and O–H groups in total. The normalized spacial score (nSPS) is 32.5. The Morgan fingerprint density at radius 2 is 1.07 bits per heavy atom. The van der Waals surface area contributed by atoms with E-state index in [0.717, 1.165) is 27.8 Å². The Kier molecular flexibility index (Phi) is 18.3. The highest BCUT2D eigenvalue weighted by Gasteiger charge is 2.61. The van der Waals surface area contributed by atoms with Crippen molar-refractivity contribution in [3.63, 3.8) is 0 Å². The van der Waals surface area contributed by atoms with E-state index in [4.69, 9.17) is 71.1 Å². The number of unbranched alkanes of at least 4 members (excludes halogenated alkanes) is 1. The van der Waals surface area contributed by atoms with Gasteiger partial charge in [0, 0.05) is 29.9 Å². The highest BCUT2D eigenvalue weighted by atomic mass is 16.8. The molecule has 5 aromatic carbocycles. The molecular weight excluding hydrogens is 1060 g/mol. The summed E-state index contributed by atoms with van der Waals surface area (Å²) in [5.74, 6) is -0.569. The van der Waals surface area contributed by atoms with Gasteiger partial charge in [0.25, 0.3) is 5.69 Å². The van der Waals surface area contributed by atoms with Crippen molar-refractivity contribution >= 4 is 17.8 Å². The number of esters is 1. The summed E-state index contributed by atoms with van der Waals surface area (Å²) >= 11 is 0. The number of benzene rings is 5. The molecule has 5 aromatic rings. The van der Waals surface area contributed by atoms with Crippen molar-refractivity contribution in [3.8, 4) is 0 Å². The van der Waals surface area contributed by atoms with Gasteiger partial charge >= 0.3 is 12.1 Å². The first-order chi connectivity index (χ1) is 39.8. The van der Waals surface area contributed by atoms with E-state index in [0.29, 0.717) is 19.3 Å². The van der Waals surface area contributed by atoms with Crippen LogP contribution in [0.1, 0.15) is 80.9 Å². The summed E-state index contributed by atoms with van der Waals surface area (Å²) in [6, 6.07) is 44.9. The lowest BCUT2D eigenvalue weighted by atomic mass is 9.94. The molecule has 20 heteroatoms. The molecular formula is C62H69NO19. The molecule has 0 spiro atoms. The fourth-order valence-corrected chi connectivity index (χ4v) is 10.9. The average molecular weight is 1130 g/mol. The first kappa shape index (κ1) is 57.6. The number of carbonyl (C=O) groups excluding carboxylic acids is 2. The minimum Gasteiger partial charge on any atom is -0.454 e. The summed E-state index contributed by atoms with van der Waals surface area (Å²) in [5.41, 5.74) is 3.35. The zero-order chi connectivity index (χ0) is 56.7. The van der Waals surface area contributed by atoms with E-state index < -0.39 is 127 Å². The second-order valence-electron chi connectivity index (χ2n) is 22.2. The second kappa shape index (κ2) is 26.1. The first-order valence-corrected chi connectivity index (χ1v) is 28.0. The summed E-state index contributed by atoms with van der Waals surface area (Å²) < 4.78 is 98.8. The SMILES string of the molecule is CC1O[C@@H](O[C@@H]2C(OC(=O)C(C)(C)C)[C@H](OCCCCc3ccc([N+](=O)[O-])cc3)OC3COC(c4ccccc4)O[C@@H]32)[C@H]2OC(=O)OC2[C@H]1O[C@@H]1OC2COC(c3ccccc3)O[C@H]2[C@@H](OCc2ccccc2)C1OCc1ccccc1. The maximum absolute atomic E-state index is 14.0. The van der Waals surface area contributed by atoms with E-state index >= 15 is 0 Å². The van der Waals surface area contributed by atoms with Gasteiger partial charge in [0.1, 0.15) is 48.8 Å². The van der Waals surface area contributed by atoms with E-state index in [9.17, 15) is 19.7 Å². The number of ether oxygens (including phenoxy) is 15. The number of nitro groups is 1. The molecule has 0 aromatic heterocycles. The Bertz CT molecular complexity index is 2860. The number of aryl methyl sites for hydroxylation is 1. The van der Waals surface area contributed by atoms with E-state index in [1.807, 2.05) is 121 Å². The summed E-state index contributed by atoms with van der Waals surface area (Å²) in [6.45, 7) is 7.67. The average Bonchev–Trinajstić information content (AvgIpc) is 3.74. The third kappa shape index (κ3) is 13.5. The Hall–Kier alpha value is -6.24. The van der Waals surface area contributed by atoms with Crippen molar-refractivity contribution in [2.45, 2.75) is 165 Å². The molecule has 6 aliphatic heterocycles. The van der Waals surface area contributed by atoms with Gasteiger partial charge in [-0.05, 0) is 63.6 Å². The lowest BCUT2D eigenvalue weighted by Gasteiger charge is -2.51. The van der Waals surface area contributed by atoms with Gasteiger partial charge in [-0.1, -0.05) is 133 Å². The largest absolute Gasteiger partial charge is 0.509 e. The van der Waals surface area contributed by atoms with Crippen molar-refractivity contribution in [1.82, 2.24) is 0 Å². The molecule has 6 heterocycles. The third-order valence-corrected chi connectivity index (χ3v) is 15.2. The first-order valence-electron chi connectivity index (χ1n) is 28.0. The number of hydrogen-bond donors (Lipinski definition) is 0. The summed E-state index contributed by atoms with van der Waals surface area (Å²) in [6.07, 6.45) is -16.0. The zero-order valence-corrected chi connectivity index (χ0v) is 46.0. The zero-order valence-electron chi connectivity index (χ0n) is 46.0. The van der Waals surface area contributed by atoms with Crippen LogP contribution in [-0.2, 0) is 95.5 Å². The van der Waals surface area contributed by atoms with Crippen LogP contribution in [-0.4, -0.2) is 129 Å². The third-order valence-electron chi connectivity index (χ3n) is 15.2. The summed E-state index contributed by atoms with van der Waals surface area (Å²) in [7, 11) is 0. The van der Waals surface area contributed by atoms with Gasteiger partial charge in [-0.2, -0.15) is 0 Å². The Morgan fingerprint density at radius 3 is 1.65 bits per heavy atom. The minimum absolute atomic E-state index is 0.0155. The lowest BCUT2D eigenvalue weighted by molar-refractivity contribution is -0.401. The monoisotopic (exact) mass is 1130 g/mol. The Morgan fingerprint density at radius 1 is 0.549 bits per heavy atom. The van der Waals surface area contributed by atoms with E-state index in [1.54, 1.807) is 39.8 Å². The molecule has 17 atom stereocenters. The molecule has 8 unspecified atom stereocenters. The minimum atomic E-state index is -1.35. The second-order valence-corrected chi connectivity index (χ2v) is 22.2. The van der Waals surface area contributed by atoms with Gasteiger partial charge in [0.05, 0.1) is 42.9 Å². The van der Waals surface area contributed by atoms with Crippen LogP contribution in [0.4, 0.5) is 10.5 Å². The number of non-ortho nitro benzene ring substituents is 1. The van der Waals surface area contributed by atoms with Gasteiger partial charge in [0.15, 0.2) is 49.8 Å². The van der Waals surface area contributed by atoms with Gasteiger partial charge in [-0.25, -0.2) is 4.79 Å². The standard InChI is InChI=1S/C62H69NO19/c1-37-46(76-58-52(70-34-40-22-11-6-12-23-40)49(69-33-39-20-9-5-10-21-39)47-44(75-58)35-71-55(77-47)41-24-13-7-14-25-41)50-54(82-61(65)81-50)59(73-37)79-51-48-45(36-72-56(78-48)42-26-15-8-16-27-42)74-57(53(51)80-60(64)62(2,3)4)68-32-18-17-19-38-28-30-43(31-29-38)63(66)67/h5-16,20-31,37,44-59H,17-19,32-36H2,1-4H3/t37?,44?,45?,46-,47+,48-,49+,50?,51-,52?,53?,54-,55?,56?,57+,58-,59-/m0/s1. The van der Waals surface area contributed by atoms with E-state index in [2.05, 4.69) is 0 Å². The molecule has 0 radical (unpaired) electrons. The van der Waals surface area contributed by atoms with Crippen molar-refractivity contribution < 1.29 is 85.6 Å². The fraction of sp³-hybridized carbons (Fsp3) is 0.484. The van der Waals surface area contributed by atoms with Gasteiger partial charge in [-0.3, -0.25) is 14.9 Å². The highest BCUT2D eigenvalue weighted by Crippen LogP contribution is 2.43. The summed E-state index contributed by atoms with van der Waals surface area (Å²) in [5, 5.41) is 11.2. The number of hydrogen-bond acceptors (Lipinski definition) is 19. The number of carbonyl (C=O) groups is 2. The van der Waals surface area contributed by atoms with Crippen LogP contribution in [0.25, 0.3) is 0 Å². The molecule has 436 valence electrons. The van der Waals surface area contributed by atoms with Crippen LogP contribution < -0.4 is 0 Å². The van der Waals surface area contributed by atoms with Gasteiger partial charge in [-0.15, -0.1) is 0 Å². The lowest BCUT2D eigenvalue weighted by Crippen LogP contribution is -2.67. The predicted octanol–water partition coefficient (Wildman–Crippen LogP) is 9.16. The predicted molar refractivity (Wildman–Crippen MR) is 288 cm³/mol. The maximum atomic E-state index is 14.0. The number of nitro benzene ring substituents is 1. The Balaban J connectivity index is 0.865. The molecule has 0 aliphatic carbocycles. The quantitative estimate of drug-likeness (QED) is 0.0307. The van der Waals surface area contributed by atoms with Crippen LogP contribution >= 0.6 is 0 Å². The molecule has 6 saturated heterocycles. The van der Waals surface area contributed by atoms with Crippen molar-refractivity contribution in [2.75, 3.05) is 19.8 Å². The number of nitrogens with zero attached hydrogens (tertiary/aromatic N) is 1. The number of fused-ring (bicyclic) bond motifs is 3. The van der Waals surface area contributed by atoms with Crippen LogP contribution in [0, 0.1) is 15.5 Å². The molecule has 20 nitrogen and oxygen atoms in total. The molecule has 6 fully saturated rings. The van der Waals surface area contributed by atoms with Crippen LogP contribution in [0.15, 0.2) is 146 Å². The topological polar surface area (TPSA) is 216 Å². The fourth-order valence-electron chi connectivity index (χ4n) is 10.9. The van der Waals surface area contributed by atoms with E-state index in [1.165, 1.54) is 12.1 Å². The van der Waals surface area contributed by atoms with Crippen LogP contribution in [0.2, 0.25) is 0 Å². The smallest absolute Gasteiger partial charge is 0.454 e. The molecule has 0 saturated carbocycles. The molecule has 0 amide bonds. The maximum Gasteiger partial charge on any atom is 0.509 e. The molecule has 6 aliphatic rings. The van der Waals surface area contributed by atoms with E-state index in [-0.39, 0.29) is 38.7 Å². The number of rotatable bonds is 20. The van der Waals surface area contributed by atoms with Crippen LogP contribution in [0.3, 0.4) is 0 Å². The van der Waals surface area contributed by atoms with Crippen molar-refractivity contribution in [3.05, 3.63) is 184 Å². The molecule has 82 heavy (non-hydrogen) atoms. The summed E-state index contributed by atoms with van der Waals surface area (Å²) in [4.78, 5) is 38.4. The highest BCUT2D eigenvalue weighted by molar-refractivity contribution is 5.75. The molecule has 11 rings (SSSR count). The van der Waals surface area contributed by atoms with Gasteiger partial charge < -0.3 is 71.1 Å². The Labute approximate surface area is 475 Å². The molecule has 0 bridgehead atoms. The van der Waals surface area contributed by atoms with Crippen molar-refractivity contribution in [2.24, 2.45) is 5.41 Å². The van der Waals surface area contributed by atoms with Gasteiger partial charge in [0.2, 0.25) is 0 Å².